The molecular weight excluding hydrogens is 300 g/mol. The fourth-order valence-electron chi connectivity index (χ4n) is 0.848. The Morgan fingerprint density at radius 2 is 1.50 bits per heavy atom. The average molecular weight is 306 g/mol. The van der Waals surface area contributed by atoms with Gasteiger partial charge in [0.25, 0.3) is 0 Å². The van der Waals surface area contributed by atoms with Crippen LogP contribution in [0.3, 0.4) is 0 Å². The predicted molar refractivity (Wildman–Crippen MR) is 49.1 cm³/mol. The quantitative estimate of drug-likeness (QED) is 0.168. The third kappa shape index (κ3) is 4.74. The second-order valence-corrected chi connectivity index (χ2v) is 3.35. The summed E-state index contributed by atoms with van der Waals surface area (Å²) < 4.78 is 51.6. The normalized spacial score (nSPS) is 11.8. The van der Waals surface area contributed by atoms with Gasteiger partial charge in [0.2, 0.25) is 0 Å². The summed E-state index contributed by atoms with van der Waals surface area (Å²) in [5.74, 6) is -8.15. The zero-order valence-corrected chi connectivity index (χ0v) is 9.39. The van der Waals surface area contributed by atoms with Crippen molar-refractivity contribution in [3.63, 3.8) is 0 Å². The Kier molecular flexibility index (Phi) is 5.48. The zero-order chi connectivity index (χ0) is 16.1. The van der Waals surface area contributed by atoms with E-state index in [4.69, 9.17) is 0 Å². The van der Waals surface area contributed by atoms with E-state index in [-0.39, 0.29) is 0 Å². The number of hydrogen-bond acceptors (Lipinski definition) is 7. The van der Waals surface area contributed by atoms with Crippen LogP contribution in [0.1, 0.15) is 12.8 Å². The number of ether oxygens (including phenoxy) is 1. The highest BCUT2D eigenvalue weighted by atomic mass is 19.4. The molecule has 0 saturated carbocycles. The molecule has 0 aromatic heterocycles. The number of rotatable bonds is 7. The highest BCUT2D eigenvalue weighted by Gasteiger charge is 2.57. The van der Waals surface area contributed by atoms with Crippen LogP contribution in [0.4, 0.5) is 17.6 Å². The highest BCUT2D eigenvalue weighted by Crippen LogP contribution is 2.20. The van der Waals surface area contributed by atoms with Crippen molar-refractivity contribution in [1.29, 1.82) is 0 Å². The van der Waals surface area contributed by atoms with Crippen molar-refractivity contribution < 1.29 is 41.7 Å². The first-order valence-corrected chi connectivity index (χ1v) is 4.65. The van der Waals surface area contributed by atoms with Gasteiger partial charge in [-0.25, -0.2) is 4.79 Å². The number of carbonyl (C=O) groups is 2. The molecule has 0 aliphatic heterocycles. The monoisotopic (exact) mass is 306 g/mol. The van der Waals surface area contributed by atoms with Crippen LogP contribution in [0.25, 0.3) is 0 Å². The van der Waals surface area contributed by atoms with Gasteiger partial charge in [-0.3, -0.25) is 25.0 Å². The molecule has 0 aromatic rings. The molecule has 0 aromatic carbocycles. The number of alkyl halides is 4. The summed E-state index contributed by atoms with van der Waals surface area (Å²) >= 11 is 0. The fraction of sp³-hybridized carbons (Fsp3) is 0.714. The largest absolute Gasteiger partial charge is 0.614 e. The summed E-state index contributed by atoms with van der Waals surface area (Å²) in [4.78, 5) is 37.6. The lowest BCUT2D eigenvalue weighted by molar-refractivity contribution is -0.832. The SMILES string of the molecule is O=C(CCC(F)([N+](=O)[O-])[N+](=O)[O-])COC(=O)C(F)(F)F. The summed E-state index contributed by atoms with van der Waals surface area (Å²) in [5, 5.41) is 20.2. The number of halogens is 4. The van der Waals surface area contributed by atoms with Crippen LogP contribution in [0.2, 0.25) is 0 Å². The maximum atomic E-state index is 13.1. The van der Waals surface area contributed by atoms with E-state index < -0.39 is 53.1 Å². The minimum absolute atomic E-state index is 1.15. The minimum atomic E-state index is -5.34. The van der Waals surface area contributed by atoms with E-state index in [2.05, 4.69) is 4.74 Å². The Hall–Kier alpha value is -2.34. The average Bonchev–Trinajstić information content (AvgIpc) is 2.30. The standard InChI is InChI=1S/C7H6F4N2O7/c8-6(12(16)17,13(18)19)2-1-4(14)3-20-5(15)7(9,10)11/h1-3H2. The topological polar surface area (TPSA) is 130 Å². The number of nitrogens with zero attached hydrogens (tertiary/aromatic N) is 2. The first kappa shape index (κ1) is 17.7. The first-order valence-electron chi connectivity index (χ1n) is 4.65. The van der Waals surface area contributed by atoms with Crippen molar-refractivity contribution in [2.45, 2.75) is 24.9 Å². The summed E-state index contributed by atoms with van der Waals surface area (Å²) in [5.41, 5.74) is 0. The third-order valence-electron chi connectivity index (χ3n) is 1.88. The van der Waals surface area contributed by atoms with Gasteiger partial charge in [-0.15, -0.1) is 0 Å². The Balaban J connectivity index is 4.40. The molecule has 0 heterocycles. The number of Topliss-reactive ketones (excluding diaryl/α,β-unsaturated/α-hetero) is 1. The number of ketones is 1. The molecule has 0 atom stereocenters. The maximum absolute atomic E-state index is 13.1. The van der Waals surface area contributed by atoms with E-state index in [1.807, 2.05) is 0 Å². The molecule has 20 heavy (non-hydrogen) atoms. The first-order chi connectivity index (χ1) is 8.91. The summed E-state index contributed by atoms with van der Waals surface area (Å²) in [6.07, 6.45) is -8.00. The molecule has 0 unspecified atom stereocenters. The Morgan fingerprint density at radius 3 is 1.85 bits per heavy atom. The van der Waals surface area contributed by atoms with E-state index in [0.717, 1.165) is 0 Å². The third-order valence-corrected chi connectivity index (χ3v) is 1.88. The van der Waals surface area contributed by atoms with Gasteiger partial charge >= 0.3 is 18.1 Å². The number of nitro groups is 2. The van der Waals surface area contributed by atoms with Gasteiger partial charge < -0.3 is 4.74 Å². The molecule has 0 rings (SSSR count). The molecular formula is C7H6F4N2O7. The fourth-order valence-corrected chi connectivity index (χ4v) is 0.848. The number of hydrogen-bond donors (Lipinski definition) is 0. The van der Waals surface area contributed by atoms with E-state index in [0.29, 0.717) is 0 Å². The molecule has 0 aliphatic rings. The Morgan fingerprint density at radius 1 is 1.05 bits per heavy atom. The Bertz CT molecular complexity index is 421. The predicted octanol–water partition coefficient (Wildman–Crippen LogP) is 0.618. The molecule has 114 valence electrons. The molecule has 0 N–H and O–H groups in total. The summed E-state index contributed by atoms with van der Waals surface area (Å²) in [7, 11) is 0. The number of esters is 1. The van der Waals surface area contributed by atoms with Crippen LogP contribution in [-0.4, -0.2) is 40.3 Å². The Labute approximate surface area is 106 Å². The van der Waals surface area contributed by atoms with Gasteiger partial charge in [0.05, 0.1) is 0 Å². The van der Waals surface area contributed by atoms with Crippen molar-refractivity contribution in [1.82, 2.24) is 0 Å². The van der Waals surface area contributed by atoms with Crippen LogP contribution in [0.5, 0.6) is 0 Å². The maximum Gasteiger partial charge on any atom is 0.614 e. The summed E-state index contributed by atoms with van der Waals surface area (Å²) in [6, 6.07) is 0. The lowest BCUT2D eigenvalue weighted by atomic mass is 10.2. The molecule has 0 bridgehead atoms. The smallest absolute Gasteiger partial charge is 0.451 e. The molecule has 9 nitrogen and oxygen atoms in total. The van der Waals surface area contributed by atoms with E-state index in [1.165, 1.54) is 0 Å². The second kappa shape index (κ2) is 6.21. The van der Waals surface area contributed by atoms with Crippen LogP contribution < -0.4 is 0 Å². The van der Waals surface area contributed by atoms with Crippen LogP contribution in [0, 0.1) is 20.2 Å². The zero-order valence-electron chi connectivity index (χ0n) is 9.39. The molecule has 0 aliphatic carbocycles. The van der Waals surface area contributed by atoms with Gasteiger partial charge in [-0.1, -0.05) is 4.39 Å². The van der Waals surface area contributed by atoms with Crippen LogP contribution >= 0.6 is 0 Å². The molecule has 0 saturated heterocycles. The summed E-state index contributed by atoms with van der Waals surface area (Å²) in [6.45, 7) is -1.43. The van der Waals surface area contributed by atoms with Crippen molar-refractivity contribution in [2.24, 2.45) is 0 Å². The van der Waals surface area contributed by atoms with E-state index >= 15 is 0 Å². The van der Waals surface area contributed by atoms with Gasteiger partial charge in [0.1, 0.15) is 22.9 Å². The molecule has 13 heteroatoms. The lowest BCUT2D eigenvalue weighted by Crippen LogP contribution is -2.42. The number of carbonyl (C=O) groups excluding carboxylic acids is 2. The van der Waals surface area contributed by atoms with Gasteiger partial charge in [-0.05, 0) is 0 Å². The van der Waals surface area contributed by atoms with Crippen molar-refractivity contribution in [2.75, 3.05) is 6.61 Å². The van der Waals surface area contributed by atoms with Crippen LogP contribution in [0.15, 0.2) is 0 Å². The lowest BCUT2D eigenvalue weighted by Gasteiger charge is -2.08. The second-order valence-electron chi connectivity index (χ2n) is 3.35. The van der Waals surface area contributed by atoms with Crippen LogP contribution in [-0.2, 0) is 14.3 Å². The van der Waals surface area contributed by atoms with Gasteiger partial charge in [0.15, 0.2) is 5.78 Å². The van der Waals surface area contributed by atoms with Crippen molar-refractivity contribution >= 4 is 11.8 Å². The van der Waals surface area contributed by atoms with Gasteiger partial charge in [0, 0.05) is 6.42 Å². The van der Waals surface area contributed by atoms with Crippen molar-refractivity contribution in [3.05, 3.63) is 20.2 Å². The molecule has 0 fully saturated rings. The minimum Gasteiger partial charge on any atom is -0.451 e. The highest BCUT2D eigenvalue weighted by molar-refractivity contribution is 5.83. The molecule has 0 amide bonds. The molecule has 0 spiro atoms. The van der Waals surface area contributed by atoms with E-state index in [9.17, 15) is 47.4 Å². The van der Waals surface area contributed by atoms with Crippen molar-refractivity contribution in [3.8, 4) is 0 Å². The van der Waals surface area contributed by atoms with Gasteiger partial charge in [-0.2, -0.15) is 13.2 Å². The van der Waals surface area contributed by atoms with E-state index in [1.54, 1.807) is 0 Å². The molecule has 0 radical (unpaired) electrons.